The van der Waals surface area contributed by atoms with Gasteiger partial charge in [0.1, 0.15) is 6.29 Å². The van der Waals surface area contributed by atoms with Crippen LogP contribution in [0, 0.1) is 0 Å². The quantitative estimate of drug-likeness (QED) is 0.606. The average Bonchev–Trinajstić information content (AvgIpc) is 2.80. The summed E-state index contributed by atoms with van der Waals surface area (Å²) in [5, 5.41) is 0. The predicted molar refractivity (Wildman–Crippen MR) is 97.3 cm³/mol. The van der Waals surface area contributed by atoms with Gasteiger partial charge in [0, 0.05) is 5.56 Å². The first-order chi connectivity index (χ1) is 11.8. The Balaban J connectivity index is 1.89. The molecule has 2 aromatic carbocycles. The van der Waals surface area contributed by atoms with Crippen molar-refractivity contribution in [1.29, 1.82) is 0 Å². The largest absolute Gasteiger partial charge is 0.641 e. The molecule has 1 atom stereocenters. The van der Waals surface area contributed by atoms with Gasteiger partial charge in [-0.05, 0) is 38.8 Å². The number of aldehydes is 1. The molecule has 130 valence electrons. The zero-order valence-electron chi connectivity index (χ0n) is 15.1. The Labute approximate surface area is 149 Å². The molecule has 25 heavy (non-hydrogen) atoms. The van der Waals surface area contributed by atoms with Crippen LogP contribution in [0.5, 0.6) is 0 Å². The Morgan fingerprint density at radius 2 is 1.40 bits per heavy atom. The molecule has 1 saturated heterocycles. The third-order valence-electron chi connectivity index (χ3n) is 4.96. The minimum atomic E-state index is -0.763. The number of carbonyl (C=O) groups is 1. The van der Waals surface area contributed by atoms with E-state index in [1.165, 1.54) is 0 Å². The summed E-state index contributed by atoms with van der Waals surface area (Å²) in [6, 6.07) is 17.3. The molecule has 2 aromatic rings. The van der Waals surface area contributed by atoms with Gasteiger partial charge in [0.15, 0.2) is 0 Å². The van der Waals surface area contributed by atoms with Gasteiger partial charge < -0.3 is 14.0 Å². The molecule has 1 heterocycles. The number of benzene rings is 2. The lowest BCUT2D eigenvalue weighted by Gasteiger charge is -2.31. The van der Waals surface area contributed by atoms with Crippen LogP contribution in [0.4, 0.5) is 0 Å². The summed E-state index contributed by atoms with van der Waals surface area (Å²) in [4.78, 5) is 10.9. The van der Waals surface area contributed by atoms with Crippen molar-refractivity contribution < 1.29 is 18.8 Å². The van der Waals surface area contributed by atoms with Gasteiger partial charge in [-0.1, -0.05) is 54.6 Å². The minimum absolute atomic E-state index is 0.350. The Morgan fingerprint density at radius 1 is 0.880 bits per heavy atom. The van der Waals surface area contributed by atoms with Crippen LogP contribution in [0.15, 0.2) is 54.6 Å². The lowest BCUT2D eigenvalue weighted by Crippen LogP contribution is -2.41. The highest BCUT2D eigenvalue weighted by atomic mass is 16.8. The molecule has 1 aliphatic rings. The van der Waals surface area contributed by atoms with Gasteiger partial charge >= 0.3 is 7.32 Å². The smallest absolute Gasteiger partial charge is 0.378 e. The van der Waals surface area contributed by atoms with Gasteiger partial charge in [0.05, 0.1) is 17.3 Å². The second-order valence-electron chi connectivity index (χ2n) is 7.26. The van der Waals surface area contributed by atoms with E-state index >= 15 is 0 Å². The fraction of sp³-hybridized carbons (Fsp3) is 0.350. The average molecular weight is 338 g/mol. The number of hydrogen-bond acceptors (Lipinski definition) is 4. The summed E-state index contributed by atoms with van der Waals surface area (Å²) in [5.41, 5.74) is 1.65. The third-order valence-corrected chi connectivity index (χ3v) is 4.96. The maximum absolute atomic E-state index is 10.9. The fourth-order valence-electron chi connectivity index (χ4n) is 2.68. The molecule has 0 bridgehead atoms. The van der Waals surface area contributed by atoms with Crippen molar-refractivity contribution >= 4 is 13.6 Å². The molecule has 0 aliphatic carbocycles. The number of carbonyl (C=O) groups excluding carboxylic acids is 1. The highest BCUT2D eigenvalue weighted by Gasteiger charge is 2.53. The van der Waals surface area contributed by atoms with Crippen molar-refractivity contribution in [1.82, 2.24) is 0 Å². The lowest BCUT2D eigenvalue weighted by molar-refractivity contribution is 0.00578. The van der Waals surface area contributed by atoms with E-state index in [-0.39, 0.29) is 6.10 Å². The van der Waals surface area contributed by atoms with E-state index < -0.39 is 18.5 Å². The van der Waals surface area contributed by atoms with Crippen LogP contribution in [0.3, 0.4) is 0 Å². The highest BCUT2D eigenvalue weighted by Crippen LogP contribution is 2.39. The summed E-state index contributed by atoms with van der Waals surface area (Å²) in [7, 11) is -0.763. The van der Waals surface area contributed by atoms with Crippen LogP contribution >= 0.6 is 0 Å². The molecule has 1 unspecified atom stereocenters. The molecular weight excluding hydrogens is 315 g/mol. The molecule has 1 fully saturated rings. The molecule has 0 N–H and O–H groups in total. The summed E-state index contributed by atoms with van der Waals surface area (Å²) in [6.07, 6.45) is 0.479. The van der Waals surface area contributed by atoms with Crippen LogP contribution in [0.25, 0.3) is 0 Å². The van der Waals surface area contributed by atoms with Crippen molar-refractivity contribution in [3.63, 3.8) is 0 Å². The van der Waals surface area contributed by atoms with E-state index in [1.54, 1.807) is 12.1 Å². The van der Waals surface area contributed by atoms with E-state index in [0.717, 1.165) is 17.4 Å². The van der Waals surface area contributed by atoms with Crippen molar-refractivity contribution in [2.45, 2.75) is 45.0 Å². The molecule has 0 radical (unpaired) electrons. The molecule has 0 spiro atoms. The van der Waals surface area contributed by atoms with Crippen molar-refractivity contribution in [2.75, 3.05) is 0 Å². The first-order valence-electron chi connectivity index (χ1n) is 8.43. The molecule has 1 aliphatic heterocycles. The first-order valence-corrected chi connectivity index (χ1v) is 8.43. The maximum atomic E-state index is 10.9. The first kappa shape index (κ1) is 17.9. The summed E-state index contributed by atoms with van der Waals surface area (Å²) < 4.78 is 18.2. The van der Waals surface area contributed by atoms with Crippen molar-refractivity contribution in [2.24, 2.45) is 0 Å². The molecular formula is C20H23BO4. The van der Waals surface area contributed by atoms with Crippen LogP contribution < -0.4 is 0 Å². The monoisotopic (exact) mass is 338 g/mol. The van der Waals surface area contributed by atoms with Crippen molar-refractivity contribution in [3.05, 3.63) is 71.3 Å². The Morgan fingerprint density at radius 3 is 1.92 bits per heavy atom. The molecule has 3 rings (SSSR count). The Hall–Kier alpha value is -1.95. The standard InChI is InChI=1S/C20H23BO4/c1-19(2)20(3,4)25-21(24-19)23-18(16-8-6-5-7-9-16)17-12-10-15(14-22)11-13-17/h5-14,18H,1-4H3. The summed E-state index contributed by atoms with van der Waals surface area (Å²) in [6.45, 7) is 7.97. The van der Waals surface area contributed by atoms with Gasteiger partial charge in [-0.25, -0.2) is 0 Å². The fourth-order valence-corrected chi connectivity index (χ4v) is 2.68. The van der Waals surface area contributed by atoms with E-state index in [0.29, 0.717) is 5.56 Å². The van der Waals surface area contributed by atoms with Gasteiger partial charge in [-0.3, -0.25) is 4.79 Å². The normalized spacial score (nSPS) is 19.6. The molecule has 4 nitrogen and oxygen atoms in total. The second kappa shape index (κ2) is 6.75. The van der Waals surface area contributed by atoms with Gasteiger partial charge in [0.25, 0.3) is 0 Å². The Bertz CT molecular complexity index is 709. The maximum Gasteiger partial charge on any atom is 0.641 e. The zero-order chi connectivity index (χ0) is 18.1. The van der Waals surface area contributed by atoms with E-state index in [4.69, 9.17) is 14.0 Å². The highest BCUT2D eigenvalue weighted by molar-refractivity contribution is 6.37. The van der Waals surface area contributed by atoms with E-state index in [2.05, 4.69) is 0 Å². The number of rotatable bonds is 5. The minimum Gasteiger partial charge on any atom is -0.378 e. The molecule has 0 saturated carbocycles. The SMILES string of the molecule is CC1(C)OB(OC(c2ccccc2)c2ccc(C=O)cc2)OC1(C)C. The van der Waals surface area contributed by atoms with Crippen molar-refractivity contribution in [3.8, 4) is 0 Å². The second-order valence-corrected chi connectivity index (χ2v) is 7.26. The van der Waals surface area contributed by atoms with Crippen LogP contribution in [0.2, 0.25) is 0 Å². The molecule has 0 amide bonds. The summed E-state index contributed by atoms with van der Waals surface area (Å²) in [5.74, 6) is 0. The van der Waals surface area contributed by atoms with Crippen LogP contribution in [-0.4, -0.2) is 24.8 Å². The van der Waals surface area contributed by atoms with Gasteiger partial charge in [-0.15, -0.1) is 0 Å². The zero-order valence-corrected chi connectivity index (χ0v) is 15.1. The third kappa shape index (κ3) is 3.69. The van der Waals surface area contributed by atoms with E-state index in [9.17, 15) is 4.79 Å². The van der Waals surface area contributed by atoms with Gasteiger partial charge in [-0.2, -0.15) is 0 Å². The van der Waals surface area contributed by atoms with E-state index in [1.807, 2.05) is 70.2 Å². The van der Waals surface area contributed by atoms with Gasteiger partial charge in [0.2, 0.25) is 0 Å². The lowest BCUT2D eigenvalue weighted by atomic mass is 9.90. The predicted octanol–water partition coefficient (Wildman–Crippen LogP) is 4.19. The molecule has 5 heteroatoms. The summed E-state index contributed by atoms with van der Waals surface area (Å²) >= 11 is 0. The Kier molecular flexibility index (Phi) is 4.82. The molecule has 0 aromatic heterocycles. The topological polar surface area (TPSA) is 44.8 Å². The number of hydrogen-bond donors (Lipinski definition) is 0. The van der Waals surface area contributed by atoms with Crippen LogP contribution in [0.1, 0.15) is 55.3 Å². The van der Waals surface area contributed by atoms with Crippen LogP contribution in [-0.2, 0) is 14.0 Å².